The average molecular weight is 187 g/mol. The van der Waals surface area contributed by atoms with E-state index in [0.717, 1.165) is 24.1 Å². The molecule has 1 aliphatic rings. The van der Waals surface area contributed by atoms with Crippen molar-refractivity contribution in [1.29, 1.82) is 0 Å². The molecule has 0 spiro atoms. The van der Waals surface area contributed by atoms with Crippen molar-refractivity contribution in [1.82, 2.24) is 15.3 Å². The molecule has 1 atom stereocenters. The second-order valence-electron chi connectivity index (χ2n) is 3.87. The molecule has 0 radical (unpaired) electrons. The maximum Gasteiger partial charge on any atom is 0.0878 e. The Morgan fingerprint density at radius 3 is 3.29 bits per heavy atom. The Morgan fingerprint density at radius 1 is 1.43 bits per heavy atom. The first-order valence-corrected chi connectivity index (χ1v) is 5.07. The van der Waals surface area contributed by atoms with E-state index < -0.39 is 0 Å². The normalized spacial score (nSPS) is 21.9. The molecule has 0 amide bonds. The summed E-state index contributed by atoms with van der Waals surface area (Å²) in [6, 6.07) is 4.23. The minimum absolute atomic E-state index is 0.648. The Hall–Kier alpha value is -1.35. The van der Waals surface area contributed by atoms with Crippen LogP contribution in [0.15, 0.2) is 24.5 Å². The highest BCUT2D eigenvalue weighted by atomic mass is 14.9. The van der Waals surface area contributed by atoms with Gasteiger partial charge in [0.15, 0.2) is 0 Å². The van der Waals surface area contributed by atoms with E-state index >= 15 is 0 Å². The van der Waals surface area contributed by atoms with Crippen LogP contribution in [0.1, 0.15) is 17.9 Å². The van der Waals surface area contributed by atoms with Gasteiger partial charge < -0.3 is 10.3 Å². The minimum Gasteiger partial charge on any atom is -0.360 e. The second kappa shape index (κ2) is 3.10. The van der Waals surface area contributed by atoms with Gasteiger partial charge in [-0.2, -0.15) is 0 Å². The van der Waals surface area contributed by atoms with Crippen LogP contribution in [0.25, 0.3) is 11.0 Å². The predicted octanol–water partition coefficient (Wildman–Crippen LogP) is 1.64. The number of aromatic nitrogens is 2. The average Bonchev–Trinajstić information content (AvgIpc) is 2.88. The van der Waals surface area contributed by atoms with Gasteiger partial charge in [0, 0.05) is 18.9 Å². The highest BCUT2D eigenvalue weighted by molar-refractivity contribution is 5.75. The van der Waals surface area contributed by atoms with Gasteiger partial charge in [0.2, 0.25) is 0 Å². The van der Waals surface area contributed by atoms with E-state index in [-0.39, 0.29) is 0 Å². The molecule has 3 heteroatoms. The largest absolute Gasteiger partial charge is 0.360 e. The Kier molecular flexibility index (Phi) is 1.77. The molecule has 3 nitrogen and oxygen atoms in total. The monoisotopic (exact) mass is 187 g/mol. The molecule has 0 aliphatic carbocycles. The summed E-state index contributed by atoms with van der Waals surface area (Å²) in [7, 11) is 0. The van der Waals surface area contributed by atoms with Gasteiger partial charge in [-0.1, -0.05) is 0 Å². The van der Waals surface area contributed by atoms with Crippen LogP contribution in [-0.4, -0.2) is 23.1 Å². The fourth-order valence-corrected chi connectivity index (χ4v) is 2.11. The molecular formula is C11H13N3. The molecule has 2 N–H and O–H groups in total. The van der Waals surface area contributed by atoms with Crippen LogP contribution in [-0.2, 0) is 0 Å². The SMILES string of the molecule is c1cc2ncc([C@@H]3CCNC3)cc2[nH]1. The Balaban J connectivity index is 2.04. The number of pyridine rings is 1. The van der Waals surface area contributed by atoms with Crippen molar-refractivity contribution >= 4 is 11.0 Å². The number of H-pyrrole nitrogens is 1. The zero-order valence-electron chi connectivity index (χ0n) is 7.96. The molecule has 1 fully saturated rings. The summed E-state index contributed by atoms with van der Waals surface area (Å²) in [6.07, 6.45) is 5.18. The number of nitrogens with zero attached hydrogens (tertiary/aromatic N) is 1. The third kappa shape index (κ3) is 1.21. The first-order chi connectivity index (χ1) is 6.93. The van der Waals surface area contributed by atoms with E-state index in [1.165, 1.54) is 12.0 Å². The predicted molar refractivity (Wildman–Crippen MR) is 56.3 cm³/mol. The third-order valence-electron chi connectivity index (χ3n) is 2.95. The van der Waals surface area contributed by atoms with Gasteiger partial charge in [-0.05, 0) is 36.6 Å². The smallest absolute Gasteiger partial charge is 0.0878 e. The summed E-state index contributed by atoms with van der Waals surface area (Å²) in [4.78, 5) is 7.63. The van der Waals surface area contributed by atoms with Crippen LogP contribution < -0.4 is 5.32 Å². The molecule has 0 bridgehead atoms. The molecule has 0 unspecified atom stereocenters. The molecular weight excluding hydrogens is 174 g/mol. The lowest BCUT2D eigenvalue weighted by Gasteiger charge is -2.07. The van der Waals surface area contributed by atoms with E-state index in [1.807, 2.05) is 18.5 Å². The quantitative estimate of drug-likeness (QED) is 0.712. The van der Waals surface area contributed by atoms with Crippen molar-refractivity contribution in [3.63, 3.8) is 0 Å². The summed E-state index contributed by atoms with van der Waals surface area (Å²) in [5.41, 5.74) is 3.55. The summed E-state index contributed by atoms with van der Waals surface area (Å²) >= 11 is 0. The van der Waals surface area contributed by atoms with Crippen molar-refractivity contribution in [3.8, 4) is 0 Å². The molecule has 72 valence electrons. The lowest BCUT2D eigenvalue weighted by molar-refractivity contribution is 0.761. The molecule has 3 heterocycles. The topological polar surface area (TPSA) is 40.7 Å². The van der Waals surface area contributed by atoms with Gasteiger partial charge in [-0.3, -0.25) is 4.98 Å². The summed E-state index contributed by atoms with van der Waals surface area (Å²) in [6.45, 7) is 2.22. The fourth-order valence-electron chi connectivity index (χ4n) is 2.11. The summed E-state index contributed by atoms with van der Waals surface area (Å²) < 4.78 is 0. The highest BCUT2D eigenvalue weighted by Crippen LogP contribution is 2.23. The lowest BCUT2D eigenvalue weighted by atomic mass is 10.0. The maximum atomic E-state index is 4.43. The first kappa shape index (κ1) is 8.00. The van der Waals surface area contributed by atoms with Crippen molar-refractivity contribution in [2.24, 2.45) is 0 Å². The van der Waals surface area contributed by atoms with E-state index in [2.05, 4.69) is 21.4 Å². The number of rotatable bonds is 1. The van der Waals surface area contributed by atoms with E-state index in [0.29, 0.717) is 5.92 Å². The van der Waals surface area contributed by atoms with E-state index in [1.54, 1.807) is 0 Å². The summed E-state index contributed by atoms with van der Waals surface area (Å²) in [5.74, 6) is 0.648. The minimum atomic E-state index is 0.648. The Labute approximate surface area is 82.5 Å². The number of hydrogen-bond acceptors (Lipinski definition) is 2. The van der Waals surface area contributed by atoms with Gasteiger partial charge in [0.05, 0.1) is 11.0 Å². The van der Waals surface area contributed by atoms with Crippen LogP contribution in [0.4, 0.5) is 0 Å². The van der Waals surface area contributed by atoms with Gasteiger partial charge in [0.25, 0.3) is 0 Å². The van der Waals surface area contributed by atoms with Gasteiger partial charge >= 0.3 is 0 Å². The number of fused-ring (bicyclic) bond motifs is 1. The lowest BCUT2D eigenvalue weighted by Crippen LogP contribution is -2.08. The fraction of sp³-hybridized carbons (Fsp3) is 0.364. The number of nitrogens with one attached hydrogen (secondary N) is 2. The zero-order chi connectivity index (χ0) is 9.38. The standard InChI is InChI=1S/C11H13N3/c1-3-12-6-8(1)9-5-11-10(14-7-9)2-4-13-11/h2,4-5,7-8,12-13H,1,3,6H2/t8-/m1/s1. The molecule has 0 saturated carbocycles. The van der Waals surface area contributed by atoms with Crippen LogP contribution in [0.5, 0.6) is 0 Å². The molecule has 3 rings (SSSR count). The zero-order valence-corrected chi connectivity index (χ0v) is 7.96. The molecule has 1 saturated heterocycles. The second-order valence-corrected chi connectivity index (χ2v) is 3.87. The van der Waals surface area contributed by atoms with Gasteiger partial charge in [-0.15, -0.1) is 0 Å². The number of aromatic amines is 1. The van der Waals surface area contributed by atoms with Crippen LogP contribution in [0, 0.1) is 0 Å². The first-order valence-electron chi connectivity index (χ1n) is 5.07. The highest BCUT2D eigenvalue weighted by Gasteiger charge is 2.16. The molecule has 2 aromatic rings. The number of hydrogen-bond donors (Lipinski definition) is 2. The molecule has 2 aromatic heterocycles. The molecule has 0 aromatic carbocycles. The Bertz CT molecular complexity index is 440. The van der Waals surface area contributed by atoms with Crippen LogP contribution in [0.3, 0.4) is 0 Å². The molecule has 1 aliphatic heterocycles. The van der Waals surface area contributed by atoms with E-state index in [9.17, 15) is 0 Å². The summed E-state index contributed by atoms with van der Waals surface area (Å²) in [5, 5.41) is 3.37. The Morgan fingerprint density at radius 2 is 2.43 bits per heavy atom. The maximum absolute atomic E-state index is 4.43. The third-order valence-corrected chi connectivity index (χ3v) is 2.95. The van der Waals surface area contributed by atoms with Gasteiger partial charge in [-0.25, -0.2) is 0 Å². The van der Waals surface area contributed by atoms with Crippen molar-refractivity contribution < 1.29 is 0 Å². The van der Waals surface area contributed by atoms with Crippen molar-refractivity contribution in [3.05, 3.63) is 30.1 Å². The van der Waals surface area contributed by atoms with E-state index in [4.69, 9.17) is 0 Å². The van der Waals surface area contributed by atoms with Crippen LogP contribution >= 0.6 is 0 Å². The van der Waals surface area contributed by atoms with Gasteiger partial charge in [0.1, 0.15) is 0 Å². The van der Waals surface area contributed by atoms with Crippen molar-refractivity contribution in [2.45, 2.75) is 12.3 Å². The molecule has 14 heavy (non-hydrogen) atoms. The van der Waals surface area contributed by atoms with Crippen LogP contribution in [0.2, 0.25) is 0 Å². The van der Waals surface area contributed by atoms with Crippen molar-refractivity contribution in [2.75, 3.05) is 13.1 Å².